The van der Waals surface area contributed by atoms with Crippen molar-refractivity contribution >= 4 is 35.4 Å². The first-order valence-electron chi connectivity index (χ1n) is 6.95. The van der Waals surface area contributed by atoms with Crippen LogP contribution in [0.15, 0.2) is 0 Å². The van der Waals surface area contributed by atoms with Crippen LogP contribution >= 0.6 is 11.8 Å². The normalized spacial score (nSPS) is 17.9. The Morgan fingerprint density at radius 1 is 1.36 bits per heavy atom. The van der Waals surface area contributed by atoms with E-state index in [9.17, 15) is 19.2 Å². The molecular weight excluding hydrogens is 310 g/mol. The summed E-state index contributed by atoms with van der Waals surface area (Å²) in [6, 6.07) is 0. The Kier molecular flexibility index (Phi) is 7.89. The summed E-state index contributed by atoms with van der Waals surface area (Å²) in [7, 11) is 0. The zero-order valence-electron chi connectivity index (χ0n) is 12.5. The highest BCUT2D eigenvalue weighted by atomic mass is 32.2. The van der Waals surface area contributed by atoms with E-state index in [-0.39, 0.29) is 62.0 Å². The first-order chi connectivity index (χ1) is 10.5. The number of carbonyl (C=O) groups excluding carboxylic acids is 4. The van der Waals surface area contributed by atoms with Gasteiger partial charge in [-0.2, -0.15) is 11.8 Å². The number of nitrogens with two attached hydrogens (primary N) is 1. The molecule has 1 fully saturated rings. The van der Waals surface area contributed by atoms with Gasteiger partial charge in [-0.3, -0.25) is 24.1 Å². The van der Waals surface area contributed by atoms with Gasteiger partial charge in [0.15, 0.2) is 0 Å². The smallest absolute Gasteiger partial charge is 0.242 e. The van der Waals surface area contributed by atoms with Gasteiger partial charge in [0.2, 0.25) is 23.6 Å². The molecule has 1 saturated heterocycles. The van der Waals surface area contributed by atoms with E-state index in [0.29, 0.717) is 6.54 Å². The first-order valence-corrected chi connectivity index (χ1v) is 8.24. The maximum absolute atomic E-state index is 11.8. The van der Waals surface area contributed by atoms with Crippen LogP contribution in [0.1, 0.15) is 19.3 Å². The van der Waals surface area contributed by atoms with Gasteiger partial charge >= 0.3 is 0 Å². The van der Waals surface area contributed by atoms with Gasteiger partial charge in [-0.1, -0.05) is 0 Å². The highest BCUT2D eigenvalue weighted by molar-refractivity contribution is 8.00. The fraction of sp³-hybridized carbons (Fsp3) is 0.692. The van der Waals surface area contributed by atoms with Crippen LogP contribution in [0.4, 0.5) is 0 Å². The number of primary amides is 1. The number of hydrogen-bond acceptors (Lipinski definition) is 6. The lowest BCUT2D eigenvalue weighted by molar-refractivity contribution is -0.138. The summed E-state index contributed by atoms with van der Waals surface area (Å²) in [5, 5.41) is 2.29. The molecule has 9 heteroatoms. The van der Waals surface area contributed by atoms with E-state index in [1.54, 1.807) is 6.26 Å². The summed E-state index contributed by atoms with van der Waals surface area (Å²) in [6.07, 6.45) is 2.20. The Balaban J connectivity index is 2.14. The van der Waals surface area contributed by atoms with Crippen molar-refractivity contribution in [1.29, 1.82) is 0 Å². The van der Waals surface area contributed by atoms with Crippen molar-refractivity contribution in [2.75, 3.05) is 32.6 Å². The number of amides is 4. The van der Waals surface area contributed by atoms with Crippen LogP contribution in [-0.2, 0) is 23.9 Å². The Morgan fingerprint density at radius 3 is 2.68 bits per heavy atom. The number of nitrogens with one attached hydrogen (secondary N) is 1. The summed E-state index contributed by atoms with van der Waals surface area (Å²) < 4.78 is 5.10. The van der Waals surface area contributed by atoms with Gasteiger partial charge in [0.1, 0.15) is 0 Å². The molecule has 1 rings (SSSR count). The zero-order valence-corrected chi connectivity index (χ0v) is 13.3. The third-order valence-corrected chi connectivity index (χ3v) is 4.05. The molecule has 8 nitrogen and oxygen atoms in total. The number of likely N-dealkylation sites (tertiary alicyclic amines) is 1. The number of imide groups is 1. The molecule has 0 aliphatic carbocycles. The minimum atomic E-state index is -0.437. The average Bonchev–Trinajstić information content (AvgIpc) is 2.74. The summed E-state index contributed by atoms with van der Waals surface area (Å²) >= 11 is 1.34. The van der Waals surface area contributed by atoms with Crippen LogP contribution in [0.5, 0.6) is 0 Å². The second-order valence-electron chi connectivity index (χ2n) is 4.74. The van der Waals surface area contributed by atoms with Crippen molar-refractivity contribution in [2.45, 2.75) is 24.5 Å². The average molecular weight is 331 g/mol. The highest BCUT2D eigenvalue weighted by Gasteiger charge is 2.37. The van der Waals surface area contributed by atoms with Crippen molar-refractivity contribution < 1.29 is 23.9 Å². The molecular formula is C13H21N3O5S. The highest BCUT2D eigenvalue weighted by Crippen LogP contribution is 2.22. The molecule has 1 aliphatic rings. The summed E-state index contributed by atoms with van der Waals surface area (Å²) in [5.74, 6) is -1.15. The molecule has 1 aliphatic heterocycles. The first kappa shape index (κ1) is 18.4. The Labute approximate surface area is 133 Å². The second kappa shape index (κ2) is 9.42. The van der Waals surface area contributed by atoms with Crippen molar-refractivity contribution in [3.63, 3.8) is 0 Å². The lowest BCUT2D eigenvalue weighted by atomic mass is 10.3. The van der Waals surface area contributed by atoms with E-state index >= 15 is 0 Å². The van der Waals surface area contributed by atoms with E-state index in [1.807, 2.05) is 0 Å². The molecule has 0 bridgehead atoms. The van der Waals surface area contributed by atoms with Crippen LogP contribution in [0.3, 0.4) is 0 Å². The van der Waals surface area contributed by atoms with Crippen molar-refractivity contribution in [1.82, 2.24) is 10.2 Å². The molecule has 0 aromatic carbocycles. The maximum atomic E-state index is 11.8. The molecule has 0 aromatic rings. The lowest BCUT2D eigenvalue weighted by Gasteiger charge is -2.14. The minimum absolute atomic E-state index is 0.0693. The molecule has 1 unspecified atom stereocenters. The molecule has 1 heterocycles. The third-order valence-electron chi connectivity index (χ3n) is 3.11. The van der Waals surface area contributed by atoms with Gasteiger partial charge in [0.25, 0.3) is 0 Å². The predicted octanol–water partition coefficient (Wildman–Crippen LogP) is -1.12. The lowest BCUT2D eigenvalue weighted by Crippen LogP contribution is -2.36. The number of thioether (sulfide) groups is 1. The van der Waals surface area contributed by atoms with Gasteiger partial charge in [-0.25, -0.2) is 0 Å². The minimum Gasteiger partial charge on any atom is -0.379 e. The van der Waals surface area contributed by atoms with Crippen LogP contribution < -0.4 is 11.1 Å². The molecule has 0 radical (unpaired) electrons. The van der Waals surface area contributed by atoms with Gasteiger partial charge in [-0.15, -0.1) is 0 Å². The summed E-state index contributed by atoms with van der Waals surface area (Å²) in [4.78, 5) is 46.7. The van der Waals surface area contributed by atoms with E-state index in [4.69, 9.17) is 10.5 Å². The SMILES string of the molecule is CSC1CC(=O)N(CCC(=O)NCCOCCC(N)=O)C1=O. The number of hydrogen-bond donors (Lipinski definition) is 2. The Bertz CT molecular complexity index is 443. The van der Waals surface area contributed by atoms with Crippen LogP contribution in [0, 0.1) is 0 Å². The van der Waals surface area contributed by atoms with Crippen molar-refractivity contribution in [3.8, 4) is 0 Å². The molecule has 22 heavy (non-hydrogen) atoms. The van der Waals surface area contributed by atoms with E-state index < -0.39 is 5.91 Å². The molecule has 3 N–H and O–H groups in total. The monoisotopic (exact) mass is 331 g/mol. The van der Waals surface area contributed by atoms with Gasteiger partial charge < -0.3 is 15.8 Å². The molecule has 4 amide bonds. The number of carbonyl (C=O) groups is 4. The Hall–Kier alpha value is -1.61. The maximum Gasteiger partial charge on any atom is 0.242 e. The van der Waals surface area contributed by atoms with Crippen LogP contribution in [-0.4, -0.2) is 66.3 Å². The topological polar surface area (TPSA) is 119 Å². The van der Waals surface area contributed by atoms with E-state index in [2.05, 4.69) is 5.32 Å². The second-order valence-corrected chi connectivity index (χ2v) is 5.78. The molecule has 0 spiro atoms. The zero-order chi connectivity index (χ0) is 16.5. The van der Waals surface area contributed by atoms with E-state index in [1.165, 1.54) is 11.8 Å². The molecule has 1 atom stereocenters. The molecule has 0 saturated carbocycles. The van der Waals surface area contributed by atoms with Crippen LogP contribution in [0.25, 0.3) is 0 Å². The van der Waals surface area contributed by atoms with Gasteiger partial charge in [0, 0.05) is 32.4 Å². The van der Waals surface area contributed by atoms with Crippen molar-refractivity contribution in [2.24, 2.45) is 5.73 Å². The fourth-order valence-corrected chi connectivity index (χ4v) is 2.55. The van der Waals surface area contributed by atoms with E-state index in [0.717, 1.165) is 4.90 Å². The number of ether oxygens (including phenoxy) is 1. The fourth-order valence-electron chi connectivity index (χ4n) is 1.91. The number of rotatable bonds is 10. The Morgan fingerprint density at radius 2 is 2.09 bits per heavy atom. The standard InChI is InChI=1S/C13H21N3O5S/c1-22-9-8-12(19)16(13(9)20)5-2-11(18)15-4-7-21-6-3-10(14)17/h9H,2-8H2,1H3,(H2,14,17)(H,15,18). The summed E-state index contributed by atoms with van der Waals surface area (Å²) in [6.45, 7) is 0.892. The third kappa shape index (κ3) is 6.02. The molecule has 0 aromatic heterocycles. The summed E-state index contributed by atoms with van der Waals surface area (Å²) in [5.41, 5.74) is 4.95. The molecule has 124 valence electrons. The van der Waals surface area contributed by atoms with Crippen LogP contribution in [0.2, 0.25) is 0 Å². The van der Waals surface area contributed by atoms with Gasteiger partial charge in [-0.05, 0) is 6.26 Å². The van der Waals surface area contributed by atoms with Crippen molar-refractivity contribution in [3.05, 3.63) is 0 Å². The van der Waals surface area contributed by atoms with Gasteiger partial charge in [0.05, 0.1) is 18.5 Å². The quantitative estimate of drug-likeness (QED) is 0.386. The number of nitrogens with zero attached hydrogens (tertiary/aromatic N) is 1. The predicted molar refractivity (Wildman–Crippen MR) is 80.9 cm³/mol. The largest absolute Gasteiger partial charge is 0.379 e.